The van der Waals surface area contributed by atoms with Crippen LogP contribution in [0.2, 0.25) is 0 Å². The van der Waals surface area contributed by atoms with Crippen molar-refractivity contribution in [2.24, 2.45) is 23.7 Å². The Morgan fingerprint density at radius 1 is 0.435 bits per heavy atom. The summed E-state index contributed by atoms with van der Waals surface area (Å²) < 4.78 is 4.82. The van der Waals surface area contributed by atoms with Gasteiger partial charge in [-0.25, -0.2) is 4.98 Å². The van der Waals surface area contributed by atoms with Gasteiger partial charge < -0.3 is 4.57 Å². The fourth-order valence-corrected chi connectivity index (χ4v) is 13.9. The van der Waals surface area contributed by atoms with E-state index in [0.29, 0.717) is 0 Å². The largest absolute Gasteiger partial charge is 0.309 e. The molecule has 4 saturated carbocycles. The highest BCUT2D eigenvalue weighted by Gasteiger charge is 2.61. The number of fused-ring (bicyclic) bond motifs is 11. The maximum atomic E-state index is 5.21. The predicted octanol–water partition coefficient (Wildman–Crippen LogP) is 14.4. The molecule has 8 aromatic carbocycles. The number of rotatable bonds is 3. The summed E-state index contributed by atoms with van der Waals surface area (Å²) >= 11 is 0. The van der Waals surface area contributed by atoms with Crippen molar-refractivity contribution >= 4 is 65.4 Å². The summed E-state index contributed by atoms with van der Waals surface area (Å²) in [5.41, 5.74) is 16.6. The smallest absolute Gasteiger partial charge is 0.156 e. The molecule has 0 radical (unpaired) electrons. The first kappa shape index (κ1) is 33.7. The van der Waals surface area contributed by atoms with Crippen molar-refractivity contribution < 1.29 is 0 Å². The number of aromatic nitrogens is 4. The molecule has 1 spiro atoms. The molecular weight excluding hydrogens is 753 g/mol. The summed E-state index contributed by atoms with van der Waals surface area (Å²) in [7, 11) is 0. The van der Waals surface area contributed by atoms with Crippen LogP contribution in [-0.2, 0) is 5.41 Å². The molecule has 16 rings (SSSR count). The number of hydrogen-bond acceptors (Lipinski definition) is 2. The van der Waals surface area contributed by atoms with E-state index in [2.05, 4.69) is 173 Å². The average Bonchev–Trinajstić information content (AvgIpc) is 3.93. The Bertz CT molecular complexity index is 3710. The zero-order valence-corrected chi connectivity index (χ0v) is 34.3. The van der Waals surface area contributed by atoms with E-state index in [0.717, 1.165) is 51.6 Å². The number of benzene rings is 8. The lowest BCUT2D eigenvalue weighted by molar-refractivity contribution is -0.0399. The normalized spacial score (nSPS) is 22.3. The molecular formula is C58H42N4. The van der Waals surface area contributed by atoms with Crippen molar-refractivity contribution in [1.82, 2.24) is 19.1 Å². The van der Waals surface area contributed by atoms with Gasteiger partial charge in [0.15, 0.2) is 5.82 Å². The van der Waals surface area contributed by atoms with E-state index >= 15 is 0 Å². The fourth-order valence-electron chi connectivity index (χ4n) is 13.9. The van der Waals surface area contributed by atoms with Crippen molar-refractivity contribution in [3.63, 3.8) is 0 Å². The van der Waals surface area contributed by atoms with Crippen LogP contribution in [0.4, 0.5) is 0 Å². The summed E-state index contributed by atoms with van der Waals surface area (Å²) in [4.78, 5) is 10.1. The number of para-hydroxylation sites is 2. The van der Waals surface area contributed by atoms with Gasteiger partial charge in [0.2, 0.25) is 0 Å². The molecule has 5 aliphatic rings. The second kappa shape index (κ2) is 12.1. The maximum Gasteiger partial charge on any atom is 0.156 e. The average molecular weight is 795 g/mol. The van der Waals surface area contributed by atoms with E-state index in [1.54, 1.807) is 11.1 Å². The van der Waals surface area contributed by atoms with E-state index in [-0.39, 0.29) is 5.41 Å². The quantitative estimate of drug-likeness (QED) is 0.167. The third kappa shape index (κ3) is 4.37. The highest BCUT2D eigenvalue weighted by Crippen LogP contribution is 2.69. The predicted molar refractivity (Wildman–Crippen MR) is 254 cm³/mol. The highest BCUT2D eigenvalue weighted by atomic mass is 15.1. The molecule has 0 N–H and O–H groups in total. The lowest BCUT2D eigenvalue weighted by atomic mass is 9.43. The minimum Gasteiger partial charge on any atom is -0.309 e. The molecule has 5 aliphatic carbocycles. The molecule has 0 atom stereocenters. The molecule has 62 heavy (non-hydrogen) atoms. The van der Waals surface area contributed by atoms with Gasteiger partial charge in [-0.2, -0.15) is 0 Å². The lowest BCUT2D eigenvalue weighted by Crippen LogP contribution is -2.55. The van der Waals surface area contributed by atoms with Crippen molar-refractivity contribution in [3.8, 4) is 33.8 Å². The maximum absolute atomic E-state index is 5.21. The van der Waals surface area contributed by atoms with Crippen molar-refractivity contribution in [2.75, 3.05) is 0 Å². The van der Waals surface area contributed by atoms with Gasteiger partial charge in [-0.1, -0.05) is 103 Å². The molecule has 4 nitrogen and oxygen atoms in total. The van der Waals surface area contributed by atoms with E-state index in [1.165, 1.54) is 103 Å². The zero-order chi connectivity index (χ0) is 40.3. The van der Waals surface area contributed by atoms with Gasteiger partial charge in [0.05, 0.1) is 39.3 Å². The van der Waals surface area contributed by atoms with Gasteiger partial charge in [0.1, 0.15) is 0 Å². The second-order valence-electron chi connectivity index (χ2n) is 19.0. The van der Waals surface area contributed by atoms with Gasteiger partial charge >= 0.3 is 0 Å². The Kier molecular flexibility index (Phi) is 6.55. The summed E-state index contributed by atoms with van der Waals surface area (Å²) in [6.45, 7) is 0. The SMILES string of the molecule is c1ccc2c(c1)-c1ccc(-n3c4ccccc4c4cc(-c5ccc6c(c5)c5ccccc5n6-c5cnc6cc7ccccc7cc6n5)ccc43)cc1C21C2CC3CC(C2)CC1C3. The van der Waals surface area contributed by atoms with Crippen LogP contribution < -0.4 is 0 Å². The minimum atomic E-state index is 0.138. The summed E-state index contributed by atoms with van der Waals surface area (Å²) in [5, 5.41) is 7.33. The van der Waals surface area contributed by atoms with E-state index in [9.17, 15) is 0 Å². The number of hydrogen-bond donors (Lipinski definition) is 0. The van der Waals surface area contributed by atoms with Crippen LogP contribution in [0.25, 0.3) is 99.2 Å². The third-order valence-electron chi connectivity index (χ3n) is 16.1. The topological polar surface area (TPSA) is 35.6 Å². The Morgan fingerprint density at radius 3 is 1.71 bits per heavy atom. The zero-order valence-electron chi connectivity index (χ0n) is 34.3. The molecule has 4 fully saturated rings. The molecule has 0 aliphatic heterocycles. The first-order valence-electron chi connectivity index (χ1n) is 22.6. The van der Waals surface area contributed by atoms with Crippen LogP contribution in [0.3, 0.4) is 0 Å². The fraction of sp³-hybridized carbons (Fsp3) is 0.172. The van der Waals surface area contributed by atoms with Gasteiger partial charge in [-0.05, 0) is 161 Å². The van der Waals surface area contributed by atoms with Crippen LogP contribution in [0.1, 0.15) is 43.2 Å². The van der Waals surface area contributed by atoms with E-state index < -0.39 is 0 Å². The van der Waals surface area contributed by atoms with E-state index in [4.69, 9.17) is 9.97 Å². The molecule has 3 heterocycles. The van der Waals surface area contributed by atoms with Crippen molar-refractivity contribution in [2.45, 2.75) is 37.5 Å². The van der Waals surface area contributed by atoms with Crippen molar-refractivity contribution in [1.29, 1.82) is 0 Å². The van der Waals surface area contributed by atoms with Gasteiger partial charge in [-0.15, -0.1) is 0 Å². The number of nitrogens with zero attached hydrogens (tertiary/aromatic N) is 4. The molecule has 294 valence electrons. The Morgan fingerprint density at radius 2 is 1.00 bits per heavy atom. The van der Waals surface area contributed by atoms with Crippen LogP contribution >= 0.6 is 0 Å². The van der Waals surface area contributed by atoms with Crippen LogP contribution in [0.15, 0.2) is 170 Å². The van der Waals surface area contributed by atoms with Gasteiger partial charge in [0, 0.05) is 32.6 Å². The molecule has 0 saturated heterocycles. The Balaban J connectivity index is 0.876. The monoisotopic (exact) mass is 794 g/mol. The van der Waals surface area contributed by atoms with Crippen LogP contribution in [-0.4, -0.2) is 19.1 Å². The lowest BCUT2D eigenvalue weighted by Gasteiger charge is -2.61. The standard InChI is InChI=1S/C58H42N4/c1-2-10-37-31-52-51(30-36(37)9-1)59-33-57(60-52)62-54-16-8-5-13-46(54)48-29-39(18-22-56(48)62)38-17-21-55-47(28-38)45-12-4-7-15-53(45)61(55)42-19-20-44-43-11-3-6-14-49(43)58(50(44)32-42)40-24-34-23-35(26-40)27-41(58)25-34/h1-22,28-35,40-41H,23-27H2. The molecule has 4 bridgehead atoms. The molecule has 0 unspecified atom stereocenters. The molecule has 11 aromatic rings. The Hall–Kier alpha value is -7.04. The summed E-state index contributed by atoms with van der Waals surface area (Å²) in [6, 6.07) is 61.4. The highest BCUT2D eigenvalue weighted by molar-refractivity contribution is 6.13. The van der Waals surface area contributed by atoms with Crippen molar-refractivity contribution in [3.05, 3.63) is 181 Å². The summed E-state index contributed by atoms with van der Waals surface area (Å²) in [5.74, 6) is 4.16. The molecule has 4 heteroatoms. The van der Waals surface area contributed by atoms with Gasteiger partial charge in [0.25, 0.3) is 0 Å². The van der Waals surface area contributed by atoms with Crippen LogP contribution in [0.5, 0.6) is 0 Å². The first-order valence-corrected chi connectivity index (χ1v) is 22.6. The first-order chi connectivity index (χ1) is 30.7. The minimum absolute atomic E-state index is 0.138. The van der Waals surface area contributed by atoms with Crippen LogP contribution in [0, 0.1) is 23.7 Å². The third-order valence-corrected chi connectivity index (χ3v) is 16.1. The summed E-state index contributed by atoms with van der Waals surface area (Å²) in [6.07, 6.45) is 8.96. The molecule has 3 aromatic heterocycles. The van der Waals surface area contributed by atoms with E-state index in [1.807, 2.05) is 6.20 Å². The second-order valence-corrected chi connectivity index (χ2v) is 19.0. The van der Waals surface area contributed by atoms with Gasteiger partial charge in [-0.3, -0.25) is 9.55 Å². The Labute approximate surface area is 359 Å². The molecule has 0 amide bonds.